The highest BCUT2D eigenvalue weighted by Gasteiger charge is 2.37. The van der Waals surface area contributed by atoms with Gasteiger partial charge in [-0.05, 0) is 38.2 Å². The summed E-state index contributed by atoms with van der Waals surface area (Å²) < 4.78 is 0. The smallest absolute Gasteiger partial charge is 0.235 e. The van der Waals surface area contributed by atoms with Gasteiger partial charge in [0, 0.05) is 30.9 Å². The van der Waals surface area contributed by atoms with Gasteiger partial charge in [0.25, 0.3) is 0 Å². The number of nitrogens with one attached hydrogen (secondary N) is 1. The molecule has 2 fully saturated rings. The molecular formula is C18H27ClN2OS. The Morgan fingerprint density at radius 2 is 1.87 bits per heavy atom. The Morgan fingerprint density at radius 3 is 2.48 bits per heavy atom. The molecule has 3 atom stereocenters. The van der Waals surface area contributed by atoms with E-state index in [1.54, 1.807) is 11.8 Å². The normalized spacial score (nSPS) is 27.1. The van der Waals surface area contributed by atoms with Gasteiger partial charge in [0.15, 0.2) is 0 Å². The molecule has 2 saturated heterocycles. The molecule has 1 aromatic carbocycles. The number of rotatable bonds is 5. The van der Waals surface area contributed by atoms with Gasteiger partial charge in [-0.15, -0.1) is 24.2 Å². The van der Waals surface area contributed by atoms with E-state index in [0.29, 0.717) is 18.1 Å². The largest absolute Gasteiger partial charge is 0.342 e. The summed E-state index contributed by atoms with van der Waals surface area (Å²) >= 11 is 1.74. The number of nitrogens with zero attached hydrogens (tertiary/aromatic N) is 1. The van der Waals surface area contributed by atoms with Gasteiger partial charge in [-0.25, -0.2) is 0 Å². The Balaban J connectivity index is 0.00000192. The average Bonchev–Trinajstić information content (AvgIpc) is 2.90. The Morgan fingerprint density at radius 1 is 1.26 bits per heavy atom. The lowest BCUT2D eigenvalue weighted by molar-refractivity contribution is -0.131. The highest BCUT2D eigenvalue weighted by atomic mass is 35.5. The number of carbonyl (C=O) groups excluding carboxylic acids is 1. The molecule has 2 bridgehead atoms. The number of carbonyl (C=O) groups is 1. The molecule has 1 aromatic rings. The molecule has 0 aromatic heterocycles. The van der Waals surface area contributed by atoms with Gasteiger partial charge < -0.3 is 10.2 Å². The first-order valence-electron chi connectivity index (χ1n) is 8.31. The summed E-state index contributed by atoms with van der Waals surface area (Å²) in [5, 5.41) is 3.67. The summed E-state index contributed by atoms with van der Waals surface area (Å²) in [6.07, 6.45) is 4.80. The first-order chi connectivity index (χ1) is 10.6. The van der Waals surface area contributed by atoms with Crippen LogP contribution in [0.15, 0.2) is 30.3 Å². The van der Waals surface area contributed by atoms with Crippen molar-refractivity contribution < 1.29 is 4.79 Å². The second-order valence-corrected chi connectivity index (χ2v) is 7.98. The van der Waals surface area contributed by atoms with Crippen molar-refractivity contribution in [1.82, 2.24) is 10.2 Å². The zero-order valence-corrected chi connectivity index (χ0v) is 15.5. The Bertz CT molecular complexity index is 501. The summed E-state index contributed by atoms with van der Waals surface area (Å²) in [6, 6.07) is 12.1. The maximum Gasteiger partial charge on any atom is 0.235 e. The number of fused-ring (bicyclic) bond motifs is 2. The zero-order chi connectivity index (χ0) is 15.5. The molecule has 0 spiro atoms. The molecule has 0 aliphatic carbocycles. The second-order valence-electron chi connectivity index (χ2n) is 6.65. The number of piperidine rings is 1. The third-order valence-corrected chi connectivity index (χ3v) is 6.24. The van der Waals surface area contributed by atoms with E-state index in [1.807, 2.05) is 24.9 Å². The third kappa shape index (κ3) is 4.65. The van der Waals surface area contributed by atoms with Gasteiger partial charge in [0.1, 0.15) is 0 Å². The van der Waals surface area contributed by atoms with E-state index >= 15 is 0 Å². The molecule has 3 rings (SSSR count). The molecule has 1 N–H and O–H groups in total. The van der Waals surface area contributed by atoms with Gasteiger partial charge in [-0.2, -0.15) is 0 Å². The Labute approximate surface area is 150 Å². The van der Waals surface area contributed by atoms with Crippen LogP contribution in [-0.4, -0.2) is 41.2 Å². The molecular weight excluding hydrogens is 328 g/mol. The van der Waals surface area contributed by atoms with Crippen LogP contribution in [0, 0.1) is 0 Å². The van der Waals surface area contributed by atoms with Crippen LogP contribution in [-0.2, 0) is 10.5 Å². The number of benzene rings is 1. The lowest BCUT2D eigenvalue weighted by atomic mass is 9.98. The average molecular weight is 355 g/mol. The molecule has 1 amide bonds. The summed E-state index contributed by atoms with van der Waals surface area (Å²) in [7, 11) is 2.00. The molecule has 23 heavy (non-hydrogen) atoms. The van der Waals surface area contributed by atoms with Crippen LogP contribution in [0.25, 0.3) is 0 Å². The second kappa shape index (κ2) is 8.41. The van der Waals surface area contributed by atoms with E-state index in [9.17, 15) is 4.79 Å². The molecule has 128 valence electrons. The highest BCUT2D eigenvalue weighted by molar-refractivity contribution is 7.99. The molecule has 2 aliphatic rings. The number of halogens is 1. The predicted molar refractivity (Wildman–Crippen MR) is 100 cm³/mol. The van der Waals surface area contributed by atoms with Crippen LogP contribution in [0.3, 0.4) is 0 Å². The molecule has 2 aliphatic heterocycles. The number of thioether (sulfide) groups is 1. The van der Waals surface area contributed by atoms with Crippen LogP contribution in [0.2, 0.25) is 0 Å². The van der Waals surface area contributed by atoms with Crippen molar-refractivity contribution in [3.8, 4) is 0 Å². The van der Waals surface area contributed by atoms with Crippen molar-refractivity contribution in [3.63, 3.8) is 0 Å². The standard InChI is InChI=1S/C18H26N2OS.ClH/c1-13(22-12-14-6-4-3-5-7-14)18(21)20(2)17-10-15-8-9-16(11-17)19-15;/h3-7,13,15-17,19H,8-12H2,1-2H3;1H. The predicted octanol–water partition coefficient (Wildman–Crippen LogP) is 3.47. The van der Waals surface area contributed by atoms with E-state index in [-0.39, 0.29) is 23.6 Å². The van der Waals surface area contributed by atoms with Gasteiger partial charge in [0.2, 0.25) is 5.91 Å². The topological polar surface area (TPSA) is 32.3 Å². The Hall–Kier alpha value is -0.710. The summed E-state index contributed by atoms with van der Waals surface area (Å²) in [6.45, 7) is 2.04. The van der Waals surface area contributed by atoms with Crippen LogP contribution < -0.4 is 5.32 Å². The van der Waals surface area contributed by atoms with Crippen LogP contribution in [0.1, 0.15) is 38.2 Å². The van der Waals surface area contributed by atoms with Crippen molar-refractivity contribution in [2.24, 2.45) is 0 Å². The fourth-order valence-electron chi connectivity index (χ4n) is 3.68. The number of hydrogen-bond donors (Lipinski definition) is 1. The van der Waals surface area contributed by atoms with E-state index in [2.05, 4.69) is 29.6 Å². The zero-order valence-electron chi connectivity index (χ0n) is 13.9. The van der Waals surface area contributed by atoms with E-state index in [0.717, 1.165) is 18.6 Å². The van der Waals surface area contributed by atoms with Crippen molar-refractivity contribution >= 4 is 30.1 Å². The monoisotopic (exact) mass is 354 g/mol. The first-order valence-corrected chi connectivity index (χ1v) is 9.36. The van der Waals surface area contributed by atoms with E-state index in [1.165, 1.54) is 18.4 Å². The Kier molecular flexibility index (Phi) is 6.81. The van der Waals surface area contributed by atoms with E-state index < -0.39 is 0 Å². The van der Waals surface area contributed by atoms with Crippen molar-refractivity contribution in [2.75, 3.05) is 7.05 Å². The molecule has 3 nitrogen and oxygen atoms in total. The van der Waals surface area contributed by atoms with Gasteiger partial charge in [-0.1, -0.05) is 30.3 Å². The van der Waals surface area contributed by atoms with Crippen molar-refractivity contribution in [2.45, 2.75) is 61.7 Å². The summed E-state index contributed by atoms with van der Waals surface area (Å²) in [4.78, 5) is 14.7. The fraction of sp³-hybridized carbons (Fsp3) is 0.611. The lowest BCUT2D eigenvalue weighted by Crippen LogP contribution is -2.50. The van der Waals surface area contributed by atoms with Gasteiger partial charge in [0.05, 0.1) is 5.25 Å². The number of hydrogen-bond acceptors (Lipinski definition) is 3. The highest BCUT2D eigenvalue weighted by Crippen LogP contribution is 2.30. The van der Waals surface area contributed by atoms with Crippen molar-refractivity contribution in [3.05, 3.63) is 35.9 Å². The minimum absolute atomic E-state index is 0. The molecule has 0 saturated carbocycles. The lowest BCUT2D eigenvalue weighted by Gasteiger charge is -2.36. The maximum absolute atomic E-state index is 12.7. The van der Waals surface area contributed by atoms with Crippen molar-refractivity contribution in [1.29, 1.82) is 0 Å². The quantitative estimate of drug-likeness (QED) is 0.878. The summed E-state index contributed by atoms with van der Waals surface area (Å²) in [5.41, 5.74) is 1.29. The first kappa shape index (κ1) is 18.6. The molecule has 2 heterocycles. The third-order valence-electron chi connectivity index (χ3n) is 5.03. The SMILES string of the molecule is CC(SCc1ccccc1)C(=O)N(C)C1CC2CCC(C1)N2.Cl. The fourth-order valence-corrected chi connectivity index (χ4v) is 4.62. The summed E-state index contributed by atoms with van der Waals surface area (Å²) in [5.74, 6) is 1.19. The molecule has 3 unspecified atom stereocenters. The minimum atomic E-state index is 0. The maximum atomic E-state index is 12.7. The van der Waals surface area contributed by atoms with Crippen LogP contribution in [0.4, 0.5) is 0 Å². The van der Waals surface area contributed by atoms with Gasteiger partial charge in [-0.3, -0.25) is 4.79 Å². The van der Waals surface area contributed by atoms with Gasteiger partial charge >= 0.3 is 0 Å². The number of amides is 1. The van der Waals surface area contributed by atoms with Crippen LogP contribution in [0.5, 0.6) is 0 Å². The molecule has 0 radical (unpaired) electrons. The van der Waals surface area contributed by atoms with E-state index in [4.69, 9.17) is 0 Å². The minimum Gasteiger partial charge on any atom is -0.342 e. The molecule has 5 heteroatoms. The van der Waals surface area contributed by atoms with Crippen LogP contribution >= 0.6 is 24.2 Å².